The zero-order chi connectivity index (χ0) is 23.4. The van der Waals surface area contributed by atoms with Gasteiger partial charge in [-0.25, -0.2) is 4.98 Å². The van der Waals surface area contributed by atoms with Gasteiger partial charge in [0, 0.05) is 31.3 Å². The second kappa shape index (κ2) is 10.1. The molecule has 0 aliphatic heterocycles. The second-order valence-corrected chi connectivity index (χ2v) is 8.61. The average molecular weight is 449 g/mol. The van der Waals surface area contributed by atoms with E-state index >= 15 is 0 Å². The monoisotopic (exact) mass is 448 g/mol. The molecule has 1 fully saturated rings. The van der Waals surface area contributed by atoms with Crippen molar-refractivity contribution in [3.63, 3.8) is 0 Å². The molecule has 3 aromatic rings. The molecule has 33 heavy (non-hydrogen) atoms. The molecule has 0 bridgehead atoms. The number of nitrogens with zero attached hydrogens (tertiary/aromatic N) is 3. The van der Waals surface area contributed by atoms with Crippen LogP contribution in [-0.4, -0.2) is 35.4 Å². The largest absolute Gasteiger partial charge is 0.496 e. The third kappa shape index (κ3) is 4.72. The molecule has 1 aromatic carbocycles. The van der Waals surface area contributed by atoms with Crippen LogP contribution in [0.25, 0.3) is 5.65 Å². The Kier molecular flexibility index (Phi) is 6.96. The number of anilines is 1. The van der Waals surface area contributed by atoms with E-state index in [9.17, 15) is 9.59 Å². The molecule has 174 valence electrons. The maximum atomic E-state index is 13.2. The number of benzene rings is 1. The van der Waals surface area contributed by atoms with E-state index in [4.69, 9.17) is 9.72 Å². The summed E-state index contributed by atoms with van der Waals surface area (Å²) in [7, 11) is 3.44. The van der Waals surface area contributed by atoms with Gasteiger partial charge in [-0.2, -0.15) is 0 Å². The van der Waals surface area contributed by atoms with Crippen molar-refractivity contribution in [2.45, 2.75) is 52.0 Å². The first kappa shape index (κ1) is 22.8. The molecule has 1 aliphatic rings. The van der Waals surface area contributed by atoms with Gasteiger partial charge in [0.15, 0.2) is 0 Å². The molecule has 1 aliphatic carbocycles. The van der Waals surface area contributed by atoms with E-state index in [1.165, 1.54) is 6.42 Å². The van der Waals surface area contributed by atoms with Crippen molar-refractivity contribution < 1.29 is 14.3 Å². The summed E-state index contributed by atoms with van der Waals surface area (Å²) in [5, 5.41) is 2.97. The normalized spacial score (nSPS) is 14.3. The van der Waals surface area contributed by atoms with Gasteiger partial charge in [0.05, 0.1) is 18.4 Å². The van der Waals surface area contributed by atoms with Crippen molar-refractivity contribution >= 4 is 23.3 Å². The maximum Gasteiger partial charge on any atom is 0.253 e. The molecule has 1 saturated carbocycles. The number of aryl methyl sites for hydroxylation is 1. The topological polar surface area (TPSA) is 75.9 Å². The summed E-state index contributed by atoms with van der Waals surface area (Å²) in [5.41, 5.74) is 3.00. The van der Waals surface area contributed by atoms with E-state index in [-0.39, 0.29) is 17.7 Å². The number of pyridine rings is 1. The quantitative estimate of drug-likeness (QED) is 0.582. The van der Waals surface area contributed by atoms with Crippen LogP contribution in [0.15, 0.2) is 42.6 Å². The number of carbonyl (C=O) groups excluding carboxylic acids is 2. The molecule has 0 radical (unpaired) electrons. The van der Waals surface area contributed by atoms with Crippen molar-refractivity contribution in [2.24, 2.45) is 5.92 Å². The molecule has 0 unspecified atom stereocenters. The predicted molar refractivity (Wildman–Crippen MR) is 129 cm³/mol. The molecule has 7 nitrogen and oxygen atoms in total. The van der Waals surface area contributed by atoms with Gasteiger partial charge in [0.1, 0.15) is 17.2 Å². The highest BCUT2D eigenvalue weighted by Gasteiger charge is 2.28. The van der Waals surface area contributed by atoms with Crippen molar-refractivity contribution in [1.29, 1.82) is 0 Å². The number of hydrogen-bond acceptors (Lipinski definition) is 4. The Morgan fingerprint density at radius 2 is 1.91 bits per heavy atom. The fourth-order valence-electron chi connectivity index (χ4n) is 4.66. The van der Waals surface area contributed by atoms with Gasteiger partial charge in [-0.05, 0) is 37.5 Å². The lowest BCUT2D eigenvalue weighted by atomic mass is 9.88. The number of para-hydroxylation sites is 1. The number of nitrogens with one attached hydrogen (secondary N) is 1. The highest BCUT2D eigenvalue weighted by Crippen LogP contribution is 2.29. The van der Waals surface area contributed by atoms with Crippen LogP contribution < -0.4 is 15.0 Å². The Hall–Kier alpha value is -3.35. The van der Waals surface area contributed by atoms with Crippen LogP contribution in [-0.2, 0) is 17.8 Å². The Morgan fingerprint density at radius 3 is 2.64 bits per heavy atom. The van der Waals surface area contributed by atoms with Crippen LogP contribution in [0.5, 0.6) is 5.75 Å². The van der Waals surface area contributed by atoms with Crippen LogP contribution in [0, 0.1) is 5.92 Å². The Balaban J connectivity index is 1.59. The van der Waals surface area contributed by atoms with Crippen molar-refractivity contribution in [1.82, 2.24) is 14.7 Å². The minimum Gasteiger partial charge on any atom is -0.496 e. The number of ether oxygens (including phenoxy) is 1. The number of carbonyl (C=O) groups is 2. The van der Waals surface area contributed by atoms with E-state index in [0.717, 1.165) is 54.2 Å². The minimum atomic E-state index is -0.193. The predicted octanol–water partition coefficient (Wildman–Crippen LogP) is 4.38. The van der Waals surface area contributed by atoms with Crippen molar-refractivity contribution in [3.8, 4) is 5.75 Å². The zero-order valence-corrected chi connectivity index (χ0v) is 19.6. The molecular weight excluding hydrogens is 416 g/mol. The van der Waals surface area contributed by atoms with E-state index < -0.39 is 0 Å². The zero-order valence-electron chi connectivity index (χ0n) is 19.6. The van der Waals surface area contributed by atoms with Gasteiger partial charge in [0.25, 0.3) is 5.91 Å². The lowest BCUT2D eigenvalue weighted by Crippen LogP contribution is -2.35. The van der Waals surface area contributed by atoms with Crippen LogP contribution in [0.4, 0.5) is 5.82 Å². The number of aromatic nitrogens is 2. The third-order valence-corrected chi connectivity index (χ3v) is 6.49. The number of fused-ring (bicyclic) bond motifs is 1. The van der Waals surface area contributed by atoms with Gasteiger partial charge >= 0.3 is 0 Å². The Bertz CT molecular complexity index is 1150. The Morgan fingerprint density at radius 1 is 1.15 bits per heavy atom. The first-order valence-electron chi connectivity index (χ1n) is 11.7. The first-order valence-corrected chi connectivity index (χ1v) is 11.7. The molecule has 1 N–H and O–H groups in total. The van der Waals surface area contributed by atoms with Gasteiger partial charge in [-0.1, -0.05) is 44.4 Å². The second-order valence-electron chi connectivity index (χ2n) is 8.61. The fraction of sp³-hybridized carbons (Fsp3) is 0.423. The highest BCUT2D eigenvalue weighted by molar-refractivity contribution is 5.96. The number of imidazole rings is 1. The number of methoxy groups -OCH3 is 1. The summed E-state index contributed by atoms with van der Waals surface area (Å²) >= 11 is 0. The summed E-state index contributed by atoms with van der Waals surface area (Å²) in [4.78, 5) is 32.6. The van der Waals surface area contributed by atoms with E-state index in [1.54, 1.807) is 24.3 Å². The third-order valence-electron chi connectivity index (χ3n) is 6.49. The summed E-state index contributed by atoms with van der Waals surface area (Å²) in [5.74, 6) is 1.49. The smallest absolute Gasteiger partial charge is 0.253 e. The van der Waals surface area contributed by atoms with E-state index in [2.05, 4.69) is 5.32 Å². The number of amides is 2. The van der Waals surface area contributed by atoms with Gasteiger partial charge in [0.2, 0.25) is 5.91 Å². The molecule has 0 spiro atoms. The average Bonchev–Trinajstić information content (AvgIpc) is 3.24. The summed E-state index contributed by atoms with van der Waals surface area (Å²) < 4.78 is 7.24. The van der Waals surface area contributed by atoms with Crippen molar-refractivity contribution in [2.75, 3.05) is 19.1 Å². The van der Waals surface area contributed by atoms with Crippen molar-refractivity contribution in [3.05, 3.63) is 59.4 Å². The standard InChI is InChI=1S/C26H32N4O3/c1-4-21-25(29(2)26(32)18-10-6-5-7-11-18)30-17-20(14-15-23(30)28-21)24(31)27-16-19-12-8-9-13-22(19)33-3/h8-9,12-15,17-18H,4-7,10-11,16H2,1-3H3,(H,27,31). The molecular formula is C26H32N4O3. The lowest BCUT2D eigenvalue weighted by molar-refractivity contribution is -0.123. The molecule has 7 heteroatoms. The van der Waals surface area contributed by atoms with Crippen LogP contribution in [0.1, 0.15) is 60.6 Å². The van der Waals surface area contributed by atoms with Crippen LogP contribution in [0.2, 0.25) is 0 Å². The van der Waals surface area contributed by atoms with Gasteiger partial charge < -0.3 is 10.1 Å². The SMILES string of the molecule is CCc1nc2ccc(C(=O)NCc3ccccc3OC)cn2c1N(C)C(=O)C1CCCCC1. The first-order chi connectivity index (χ1) is 16.0. The maximum absolute atomic E-state index is 13.2. The fourth-order valence-corrected chi connectivity index (χ4v) is 4.66. The van der Waals surface area contributed by atoms with Gasteiger partial charge in [-0.3, -0.25) is 18.9 Å². The summed E-state index contributed by atoms with van der Waals surface area (Å²) in [6.07, 6.45) is 7.78. The highest BCUT2D eigenvalue weighted by atomic mass is 16.5. The molecule has 2 heterocycles. The molecule has 2 aromatic heterocycles. The minimum absolute atomic E-state index is 0.0614. The lowest BCUT2D eigenvalue weighted by Gasteiger charge is -2.26. The molecule has 2 amide bonds. The van der Waals surface area contributed by atoms with E-state index in [1.807, 2.05) is 48.7 Å². The number of rotatable bonds is 7. The molecule has 0 saturated heterocycles. The van der Waals surface area contributed by atoms with Crippen LogP contribution in [0.3, 0.4) is 0 Å². The van der Waals surface area contributed by atoms with Gasteiger partial charge in [-0.15, -0.1) is 0 Å². The summed E-state index contributed by atoms with van der Waals surface area (Å²) in [6.45, 7) is 2.39. The molecule has 0 atom stereocenters. The van der Waals surface area contributed by atoms with E-state index in [0.29, 0.717) is 18.5 Å². The molecule has 4 rings (SSSR count). The Labute approximate surface area is 194 Å². The summed E-state index contributed by atoms with van der Waals surface area (Å²) in [6, 6.07) is 11.2. The number of hydrogen-bond donors (Lipinski definition) is 1. The van der Waals surface area contributed by atoms with Crippen LogP contribution >= 0.6 is 0 Å².